The molecule has 36 heavy (non-hydrogen) atoms. The largest absolute Gasteiger partial charge is 0.480 e. The van der Waals surface area contributed by atoms with Crippen LogP contribution in [-0.2, 0) is 22.6 Å². The first-order valence-electron chi connectivity index (χ1n) is 12.3. The number of pyridine rings is 3. The van der Waals surface area contributed by atoms with Crippen LogP contribution in [0, 0.1) is 6.92 Å². The van der Waals surface area contributed by atoms with Gasteiger partial charge in [0.2, 0.25) is 0 Å². The van der Waals surface area contributed by atoms with E-state index in [0.717, 1.165) is 35.1 Å². The van der Waals surface area contributed by atoms with Gasteiger partial charge in [0.1, 0.15) is 6.10 Å². The third kappa shape index (κ3) is 4.04. The molecule has 3 fully saturated rings. The van der Waals surface area contributed by atoms with Crippen molar-refractivity contribution in [1.82, 2.24) is 19.9 Å². The molecule has 1 atom stereocenters. The van der Waals surface area contributed by atoms with Crippen molar-refractivity contribution in [2.75, 3.05) is 18.5 Å². The number of aromatic nitrogens is 3. The Hall–Kier alpha value is -3.34. The summed E-state index contributed by atoms with van der Waals surface area (Å²) in [6, 6.07) is 8.85. The van der Waals surface area contributed by atoms with E-state index in [1.165, 1.54) is 6.07 Å². The number of anilines is 1. The molecule has 10 nitrogen and oxygen atoms in total. The molecule has 3 aliphatic heterocycles. The summed E-state index contributed by atoms with van der Waals surface area (Å²) in [6.07, 6.45) is 4.04. The third-order valence-electron chi connectivity index (χ3n) is 7.80. The summed E-state index contributed by atoms with van der Waals surface area (Å²) in [6.45, 7) is 3.10. The molecular formula is C26H29N5O5. The van der Waals surface area contributed by atoms with Crippen LogP contribution in [0.4, 0.5) is 5.82 Å². The minimum atomic E-state index is -0.814. The average Bonchev–Trinajstić information content (AvgIpc) is 2.90. The van der Waals surface area contributed by atoms with Crippen molar-refractivity contribution in [3.63, 3.8) is 0 Å². The topological polar surface area (TPSA) is 128 Å². The first kappa shape index (κ1) is 23.1. The first-order chi connectivity index (χ1) is 17.3. The summed E-state index contributed by atoms with van der Waals surface area (Å²) in [7, 11) is 0. The Bertz CT molecular complexity index is 1380. The Kier molecular flexibility index (Phi) is 5.55. The van der Waals surface area contributed by atoms with Gasteiger partial charge >= 0.3 is 0 Å². The standard InChI is InChI=1S/C26H29N5O5/c1-16-10-19-18(27-11-16)3-5-23(34)31(19)13-21(32)26-8-6-25(7-9-26,15-36-26)28-12-17-2-4-20-24(29-17)30-22(33)14-35-20/h2-5,10-11,21,28,32H,6-9,12-15H2,1H3,(H,29,30,33). The van der Waals surface area contributed by atoms with E-state index in [0.29, 0.717) is 37.6 Å². The molecule has 1 amide bonds. The van der Waals surface area contributed by atoms with Crippen molar-refractivity contribution >= 4 is 22.8 Å². The molecule has 188 valence electrons. The summed E-state index contributed by atoms with van der Waals surface area (Å²) in [5.74, 6) is 0.812. The maximum atomic E-state index is 12.7. The van der Waals surface area contributed by atoms with Crippen molar-refractivity contribution in [3.05, 3.63) is 58.1 Å². The lowest BCUT2D eigenvalue weighted by Crippen LogP contribution is -2.65. The predicted molar refractivity (Wildman–Crippen MR) is 132 cm³/mol. The smallest absolute Gasteiger partial charge is 0.263 e. The number of ether oxygens (including phenoxy) is 2. The van der Waals surface area contributed by atoms with Gasteiger partial charge in [-0.3, -0.25) is 14.6 Å². The minimum absolute atomic E-state index is 0.00594. The van der Waals surface area contributed by atoms with Crippen LogP contribution in [0.15, 0.2) is 41.3 Å². The maximum absolute atomic E-state index is 12.7. The number of nitrogens with zero attached hydrogens (tertiary/aromatic N) is 3. The second-order valence-corrected chi connectivity index (χ2v) is 10.2. The van der Waals surface area contributed by atoms with Gasteiger partial charge in [0.05, 0.1) is 35.5 Å². The number of carbonyl (C=O) groups is 1. The second-order valence-electron chi connectivity index (χ2n) is 10.2. The number of aliphatic hydroxyl groups excluding tert-OH is 1. The highest BCUT2D eigenvalue weighted by Crippen LogP contribution is 2.46. The predicted octanol–water partition coefficient (Wildman–Crippen LogP) is 1.66. The van der Waals surface area contributed by atoms with Gasteiger partial charge in [0, 0.05) is 24.3 Å². The van der Waals surface area contributed by atoms with Crippen molar-refractivity contribution < 1.29 is 19.4 Å². The van der Waals surface area contributed by atoms with Crippen LogP contribution in [0.5, 0.6) is 5.75 Å². The van der Waals surface area contributed by atoms with E-state index in [-0.39, 0.29) is 30.2 Å². The average molecular weight is 492 g/mol. The summed E-state index contributed by atoms with van der Waals surface area (Å²) in [5.41, 5.74) is 2.18. The molecule has 1 saturated carbocycles. The number of nitrogens with one attached hydrogen (secondary N) is 2. The highest BCUT2D eigenvalue weighted by atomic mass is 16.5. The molecular weight excluding hydrogens is 462 g/mol. The lowest BCUT2D eigenvalue weighted by atomic mass is 9.69. The number of hydrogen-bond donors (Lipinski definition) is 3. The van der Waals surface area contributed by atoms with E-state index in [9.17, 15) is 14.7 Å². The first-order valence-corrected chi connectivity index (χ1v) is 12.3. The highest BCUT2D eigenvalue weighted by Gasteiger charge is 2.53. The molecule has 3 aromatic rings. The molecule has 3 aromatic heterocycles. The van der Waals surface area contributed by atoms with Crippen LogP contribution in [0.1, 0.15) is 36.9 Å². The Morgan fingerprint density at radius 3 is 2.81 bits per heavy atom. The zero-order valence-corrected chi connectivity index (χ0v) is 20.1. The van der Waals surface area contributed by atoms with Gasteiger partial charge < -0.3 is 29.8 Å². The molecule has 3 N–H and O–H groups in total. The molecule has 4 aliphatic rings. The number of carbonyl (C=O) groups excluding carboxylic acids is 1. The monoisotopic (exact) mass is 491 g/mol. The number of hydrogen-bond acceptors (Lipinski definition) is 8. The molecule has 10 heteroatoms. The Labute approximate surface area is 207 Å². The number of fused-ring (bicyclic) bond motifs is 5. The normalized spacial score (nSPS) is 25.8. The van der Waals surface area contributed by atoms with Crippen LogP contribution in [0.3, 0.4) is 0 Å². The number of rotatable bonds is 6. The highest BCUT2D eigenvalue weighted by molar-refractivity contribution is 5.94. The summed E-state index contributed by atoms with van der Waals surface area (Å²) in [4.78, 5) is 33.2. The van der Waals surface area contributed by atoms with E-state index in [1.54, 1.807) is 16.8 Å². The molecule has 6 heterocycles. The zero-order chi connectivity index (χ0) is 24.9. The van der Waals surface area contributed by atoms with Gasteiger partial charge in [0.25, 0.3) is 11.5 Å². The van der Waals surface area contributed by atoms with Crippen molar-refractivity contribution in [2.24, 2.45) is 0 Å². The van der Waals surface area contributed by atoms with Gasteiger partial charge in [-0.2, -0.15) is 0 Å². The summed E-state index contributed by atoms with van der Waals surface area (Å²) in [5, 5.41) is 17.7. The molecule has 0 radical (unpaired) electrons. The number of aryl methyl sites for hydroxylation is 1. The van der Waals surface area contributed by atoms with Crippen molar-refractivity contribution in [2.45, 2.75) is 62.9 Å². The van der Waals surface area contributed by atoms with Gasteiger partial charge in [-0.1, -0.05) is 0 Å². The minimum Gasteiger partial charge on any atom is -0.480 e. The second kappa shape index (κ2) is 8.65. The van der Waals surface area contributed by atoms with Gasteiger partial charge in [-0.25, -0.2) is 4.98 Å². The maximum Gasteiger partial charge on any atom is 0.263 e. The molecule has 7 rings (SSSR count). The number of aliphatic hydroxyl groups is 1. The van der Waals surface area contributed by atoms with Crippen LogP contribution in [0.25, 0.3) is 11.0 Å². The summed E-state index contributed by atoms with van der Waals surface area (Å²) >= 11 is 0. The van der Waals surface area contributed by atoms with Crippen LogP contribution >= 0.6 is 0 Å². The Balaban J connectivity index is 1.13. The van der Waals surface area contributed by atoms with Gasteiger partial charge in [0.15, 0.2) is 18.2 Å². The van der Waals surface area contributed by atoms with Crippen molar-refractivity contribution in [1.29, 1.82) is 0 Å². The fourth-order valence-electron chi connectivity index (χ4n) is 5.56. The van der Waals surface area contributed by atoms with E-state index >= 15 is 0 Å². The van der Waals surface area contributed by atoms with Gasteiger partial charge in [-0.05, 0) is 62.4 Å². The lowest BCUT2D eigenvalue weighted by Gasteiger charge is -2.55. The molecule has 1 aliphatic carbocycles. The van der Waals surface area contributed by atoms with Crippen LogP contribution in [-0.4, -0.2) is 56.0 Å². The molecule has 0 aromatic carbocycles. The Morgan fingerprint density at radius 2 is 2.03 bits per heavy atom. The van der Waals surface area contributed by atoms with E-state index in [1.807, 2.05) is 25.1 Å². The van der Waals surface area contributed by atoms with E-state index in [4.69, 9.17) is 9.47 Å². The quantitative estimate of drug-likeness (QED) is 0.475. The van der Waals surface area contributed by atoms with E-state index < -0.39 is 11.7 Å². The van der Waals surface area contributed by atoms with Gasteiger partial charge in [-0.15, -0.1) is 0 Å². The molecule has 0 spiro atoms. The zero-order valence-electron chi connectivity index (χ0n) is 20.1. The SMILES string of the molecule is Cc1cnc2ccc(=O)n(CC(O)C34CCC(NCc5ccc6c(n5)NC(=O)CO6)(CC3)CO4)c2c1. The molecule has 2 bridgehead atoms. The van der Waals surface area contributed by atoms with E-state index in [2.05, 4.69) is 20.6 Å². The number of amides is 1. The third-order valence-corrected chi connectivity index (χ3v) is 7.80. The Morgan fingerprint density at radius 1 is 1.19 bits per heavy atom. The molecule has 1 unspecified atom stereocenters. The fraction of sp³-hybridized carbons (Fsp3) is 0.462. The fourth-order valence-corrected chi connectivity index (χ4v) is 5.56. The van der Waals surface area contributed by atoms with Crippen LogP contribution < -0.4 is 20.9 Å². The van der Waals surface area contributed by atoms with Crippen molar-refractivity contribution in [3.8, 4) is 5.75 Å². The summed E-state index contributed by atoms with van der Waals surface area (Å²) < 4.78 is 13.3. The molecule has 2 saturated heterocycles. The lowest BCUT2D eigenvalue weighted by molar-refractivity contribution is -0.211. The van der Waals surface area contributed by atoms with Crippen LogP contribution in [0.2, 0.25) is 0 Å².